The highest BCUT2D eigenvalue weighted by atomic mass is 32.2. The maximum atomic E-state index is 12.9. The lowest BCUT2D eigenvalue weighted by molar-refractivity contribution is 0.394. The van der Waals surface area contributed by atoms with Crippen LogP contribution in [0.4, 0.5) is 0 Å². The van der Waals surface area contributed by atoms with E-state index in [4.69, 9.17) is 18.4 Å². The van der Waals surface area contributed by atoms with Crippen LogP contribution in [-0.2, 0) is 10.0 Å². The Hall–Kier alpha value is -3.37. The van der Waals surface area contributed by atoms with Gasteiger partial charge >= 0.3 is 0 Å². The summed E-state index contributed by atoms with van der Waals surface area (Å²) in [5.74, 6) is 2.10. The molecule has 10 heteroatoms. The molecule has 0 amide bonds. The topological polar surface area (TPSA) is 108 Å². The Morgan fingerprint density at radius 1 is 1.00 bits per heavy atom. The first-order chi connectivity index (χ1) is 15.8. The Balaban J connectivity index is 1.75. The van der Waals surface area contributed by atoms with Gasteiger partial charge in [0.15, 0.2) is 5.76 Å². The van der Waals surface area contributed by atoms with E-state index in [1.165, 1.54) is 4.31 Å². The lowest BCUT2D eigenvalue weighted by Gasteiger charge is -2.18. The van der Waals surface area contributed by atoms with Crippen molar-refractivity contribution in [2.24, 2.45) is 0 Å². The molecule has 0 radical (unpaired) electrons. The Bertz CT molecular complexity index is 1380. The van der Waals surface area contributed by atoms with Crippen molar-refractivity contribution in [3.63, 3.8) is 0 Å². The summed E-state index contributed by atoms with van der Waals surface area (Å²) in [6.45, 7) is 6.24. The molecular formula is C23H25N3O6S. The first-order valence-electron chi connectivity index (χ1n) is 10.4. The smallest absolute Gasteiger partial charge is 0.294 e. The number of fused-ring (bicyclic) bond motifs is 1. The zero-order valence-electron chi connectivity index (χ0n) is 19.1. The molecule has 0 saturated heterocycles. The van der Waals surface area contributed by atoms with Gasteiger partial charge in [0, 0.05) is 35.7 Å². The molecule has 0 aliphatic carbocycles. The third-order valence-electron chi connectivity index (χ3n) is 5.48. The van der Waals surface area contributed by atoms with E-state index in [0.717, 1.165) is 0 Å². The number of hydrogen-bond donors (Lipinski definition) is 0. The molecule has 4 aromatic rings. The second kappa shape index (κ2) is 8.87. The lowest BCUT2D eigenvalue weighted by atomic mass is 10.1. The van der Waals surface area contributed by atoms with Crippen molar-refractivity contribution in [2.75, 3.05) is 27.3 Å². The maximum absolute atomic E-state index is 12.9. The molecule has 0 spiro atoms. The predicted octanol–water partition coefficient (Wildman–Crippen LogP) is 4.51. The average molecular weight is 472 g/mol. The fraction of sp³-hybridized carbons (Fsp3) is 0.304. The van der Waals surface area contributed by atoms with Gasteiger partial charge in [-0.3, -0.25) is 0 Å². The molecular weight excluding hydrogens is 446 g/mol. The number of benzene rings is 2. The second-order valence-corrected chi connectivity index (χ2v) is 9.27. The van der Waals surface area contributed by atoms with Crippen LogP contribution in [0.3, 0.4) is 0 Å². The SMILES string of the molecule is CCN(CC)S(=O)(=O)c1ccc2oc(-c3nc(-c4cc(OC)cc(OC)c4)no3)c(C)c2c1. The van der Waals surface area contributed by atoms with Crippen LogP contribution < -0.4 is 9.47 Å². The molecule has 0 fully saturated rings. The van der Waals surface area contributed by atoms with Gasteiger partial charge in [-0.05, 0) is 37.3 Å². The summed E-state index contributed by atoms with van der Waals surface area (Å²) in [6, 6.07) is 10.1. The number of furan rings is 1. The lowest BCUT2D eigenvalue weighted by Crippen LogP contribution is -2.30. The Morgan fingerprint density at radius 2 is 1.67 bits per heavy atom. The minimum Gasteiger partial charge on any atom is -0.497 e. The summed E-state index contributed by atoms with van der Waals surface area (Å²) in [7, 11) is -0.469. The van der Waals surface area contributed by atoms with E-state index in [1.54, 1.807) is 50.6 Å². The number of sulfonamides is 1. The third-order valence-corrected chi connectivity index (χ3v) is 7.53. The quantitative estimate of drug-likeness (QED) is 0.369. The fourth-order valence-corrected chi connectivity index (χ4v) is 5.13. The van der Waals surface area contributed by atoms with E-state index in [1.807, 2.05) is 20.8 Å². The highest BCUT2D eigenvalue weighted by Crippen LogP contribution is 2.35. The van der Waals surface area contributed by atoms with E-state index in [0.29, 0.717) is 58.3 Å². The standard InChI is InChI=1S/C23H25N3O6S/c1-6-26(7-2)33(27,28)18-8-9-20-19(13-18)14(3)21(31-20)23-24-22(25-32-23)15-10-16(29-4)12-17(11-15)30-5/h8-13H,6-7H2,1-5H3. The van der Waals surface area contributed by atoms with E-state index >= 15 is 0 Å². The zero-order valence-corrected chi connectivity index (χ0v) is 19.9. The first-order valence-corrected chi connectivity index (χ1v) is 11.9. The van der Waals surface area contributed by atoms with Gasteiger partial charge in [0.1, 0.15) is 17.1 Å². The average Bonchev–Trinajstić information content (AvgIpc) is 3.44. The molecule has 0 bridgehead atoms. The van der Waals surface area contributed by atoms with Crippen LogP contribution in [0.5, 0.6) is 11.5 Å². The van der Waals surface area contributed by atoms with Crippen molar-refractivity contribution < 1.29 is 26.8 Å². The molecule has 2 heterocycles. The van der Waals surface area contributed by atoms with Crippen molar-refractivity contribution >= 4 is 21.0 Å². The molecule has 9 nitrogen and oxygen atoms in total. The summed E-state index contributed by atoms with van der Waals surface area (Å²) in [5, 5.41) is 4.73. The molecule has 2 aromatic carbocycles. The number of ether oxygens (including phenoxy) is 2. The van der Waals surface area contributed by atoms with Crippen LogP contribution in [0.15, 0.2) is 50.2 Å². The molecule has 174 valence electrons. The molecule has 0 unspecified atom stereocenters. The highest BCUT2D eigenvalue weighted by molar-refractivity contribution is 7.89. The number of rotatable bonds is 8. The van der Waals surface area contributed by atoms with Gasteiger partial charge in [-0.2, -0.15) is 9.29 Å². The van der Waals surface area contributed by atoms with Crippen LogP contribution in [0.1, 0.15) is 19.4 Å². The van der Waals surface area contributed by atoms with E-state index in [2.05, 4.69) is 10.1 Å². The summed E-state index contributed by atoms with van der Waals surface area (Å²) in [4.78, 5) is 4.69. The van der Waals surface area contributed by atoms with E-state index in [-0.39, 0.29) is 10.8 Å². The minimum atomic E-state index is -3.59. The monoisotopic (exact) mass is 471 g/mol. The summed E-state index contributed by atoms with van der Waals surface area (Å²) in [6.07, 6.45) is 0. The molecule has 0 saturated carbocycles. The second-order valence-electron chi connectivity index (χ2n) is 7.33. The van der Waals surface area contributed by atoms with Crippen molar-refractivity contribution in [3.05, 3.63) is 42.0 Å². The molecule has 4 rings (SSSR count). The summed E-state index contributed by atoms with van der Waals surface area (Å²) < 4.78 is 49.3. The first kappa shape index (κ1) is 22.8. The van der Waals surface area contributed by atoms with Gasteiger partial charge in [0.25, 0.3) is 5.89 Å². The predicted molar refractivity (Wildman–Crippen MR) is 123 cm³/mol. The number of nitrogens with zero attached hydrogens (tertiary/aromatic N) is 3. The number of aromatic nitrogens is 2. The Kier molecular flexibility index (Phi) is 6.13. The van der Waals surface area contributed by atoms with Crippen LogP contribution >= 0.6 is 0 Å². The molecule has 0 aliphatic rings. The minimum absolute atomic E-state index is 0.189. The van der Waals surface area contributed by atoms with E-state index in [9.17, 15) is 8.42 Å². The number of aryl methyl sites for hydroxylation is 1. The van der Waals surface area contributed by atoms with E-state index < -0.39 is 10.0 Å². The number of methoxy groups -OCH3 is 2. The normalized spacial score (nSPS) is 11.9. The third kappa shape index (κ3) is 4.07. The maximum Gasteiger partial charge on any atom is 0.294 e. The van der Waals surface area contributed by atoms with Crippen molar-refractivity contribution in [3.8, 4) is 34.5 Å². The van der Waals surface area contributed by atoms with Crippen molar-refractivity contribution in [2.45, 2.75) is 25.7 Å². The van der Waals surface area contributed by atoms with Gasteiger partial charge < -0.3 is 18.4 Å². The van der Waals surface area contributed by atoms with Crippen LogP contribution in [0.2, 0.25) is 0 Å². The van der Waals surface area contributed by atoms with Crippen LogP contribution in [-0.4, -0.2) is 50.2 Å². The summed E-state index contributed by atoms with van der Waals surface area (Å²) >= 11 is 0. The molecule has 0 N–H and O–H groups in total. The van der Waals surface area contributed by atoms with Gasteiger partial charge in [-0.15, -0.1) is 0 Å². The van der Waals surface area contributed by atoms with Crippen molar-refractivity contribution in [1.29, 1.82) is 0 Å². The molecule has 0 atom stereocenters. The van der Waals surface area contributed by atoms with Crippen LogP contribution in [0.25, 0.3) is 34.0 Å². The molecule has 33 heavy (non-hydrogen) atoms. The summed E-state index contributed by atoms with van der Waals surface area (Å²) in [5.41, 5.74) is 1.89. The fourth-order valence-electron chi connectivity index (χ4n) is 3.65. The molecule has 2 aromatic heterocycles. The van der Waals surface area contributed by atoms with Gasteiger partial charge in [0.2, 0.25) is 15.8 Å². The Labute approximate surface area is 192 Å². The Morgan fingerprint density at radius 3 is 2.27 bits per heavy atom. The number of hydrogen-bond acceptors (Lipinski definition) is 8. The highest BCUT2D eigenvalue weighted by Gasteiger charge is 2.25. The zero-order chi connectivity index (χ0) is 23.8. The van der Waals surface area contributed by atoms with Gasteiger partial charge in [-0.25, -0.2) is 8.42 Å². The van der Waals surface area contributed by atoms with Gasteiger partial charge in [-0.1, -0.05) is 19.0 Å². The van der Waals surface area contributed by atoms with Crippen molar-refractivity contribution in [1.82, 2.24) is 14.4 Å². The van der Waals surface area contributed by atoms with Gasteiger partial charge in [0.05, 0.1) is 19.1 Å². The molecule has 0 aliphatic heterocycles. The largest absolute Gasteiger partial charge is 0.497 e. The van der Waals surface area contributed by atoms with Crippen LogP contribution in [0, 0.1) is 6.92 Å².